The number of hydrogen-bond acceptors (Lipinski definition) is 3. The van der Waals surface area contributed by atoms with Gasteiger partial charge in [-0.05, 0) is 30.4 Å². The van der Waals surface area contributed by atoms with E-state index in [0.717, 1.165) is 25.7 Å². The molecule has 2 atom stereocenters. The van der Waals surface area contributed by atoms with E-state index in [1.807, 2.05) is 0 Å². The van der Waals surface area contributed by atoms with Crippen molar-refractivity contribution in [2.45, 2.75) is 37.5 Å². The van der Waals surface area contributed by atoms with E-state index >= 15 is 0 Å². The number of halogens is 1. The van der Waals surface area contributed by atoms with E-state index in [-0.39, 0.29) is 24.3 Å². The standard InChI is InChI=1S/C14H20ClNO3S/c15-13-7-3-1-6-12(13)10-20(18,19)16-14-8-4-2-5-11(14)9-17/h1,3,6-7,11,14,16-17H,2,4-5,8-10H2. The Bertz CT molecular complexity index is 547. The van der Waals surface area contributed by atoms with Gasteiger partial charge in [-0.1, -0.05) is 42.6 Å². The molecule has 1 aromatic rings. The summed E-state index contributed by atoms with van der Waals surface area (Å²) in [5, 5.41) is 9.79. The van der Waals surface area contributed by atoms with Gasteiger partial charge >= 0.3 is 0 Å². The molecule has 2 N–H and O–H groups in total. The Morgan fingerprint density at radius 3 is 2.65 bits per heavy atom. The first kappa shape index (κ1) is 15.8. The molecule has 1 aromatic carbocycles. The zero-order valence-corrected chi connectivity index (χ0v) is 12.8. The molecule has 1 saturated carbocycles. The van der Waals surface area contributed by atoms with Crippen LogP contribution in [0.2, 0.25) is 5.02 Å². The fraction of sp³-hybridized carbons (Fsp3) is 0.571. The summed E-state index contributed by atoms with van der Waals surface area (Å²) < 4.78 is 27.2. The molecule has 6 heteroatoms. The average Bonchev–Trinajstić information content (AvgIpc) is 2.41. The lowest BCUT2D eigenvalue weighted by Gasteiger charge is -2.30. The van der Waals surface area contributed by atoms with Gasteiger partial charge in [0.05, 0.1) is 5.75 Å². The first-order valence-corrected chi connectivity index (χ1v) is 8.89. The minimum atomic E-state index is -3.45. The molecule has 112 valence electrons. The van der Waals surface area contributed by atoms with Crippen molar-refractivity contribution in [2.75, 3.05) is 6.61 Å². The molecule has 0 bridgehead atoms. The van der Waals surface area contributed by atoms with Gasteiger partial charge in [0.15, 0.2) is 0 Å². The van der Waals surface area contributed by atoms with E-state index in [1.165, 1.54) is 0 Å². The van der Waals surface area contributed by atoms with E-state index < -0.39 is 10.0 Å². The highest BCUT2D eigenvalue weighted by Gasteiger charge is 2.28. The van der Waals surface area contributed by atoms with Crippen molar-refractivity contribution >= 4 is 21.6 Å². The van der Waals surface area contributed by atoms with E-state index in [1.54, 1.807) is 24.3 Å². The highest BCUT2D eigenvalue weighted by Crippen LogP contribution is 2.25. The fourth-order valence-corrected chi connectivity index (χ4v) is 4.47. The summed E-state index contributed by atoms with van der Waals surface area (Å²) in [6.45, 7) is 0.0271. The van der Waals surface area contributed by atoms with Gasteiger partial charge in [0.2, 0.25) is 10.0 Å². The van der Waals surface area contributed by atoms with Crippen LogP contribution in [-0.2, 0) is 15.8 Å². The minimum absolute atomic E-state index is 0.0183. The molecule has 0 radical (unpaired) electrons. The normalized spacial score (nSPS) is 23.7. The highest BCUT2D eigenvalue weighted by atomic mass is 35.5. The van der Waals surface area contributed by atoms with Gasteiger partial charge < -0.3 is 5.11 Å². The first-order valence-electron chi connectivity index (χ1n) is 6.86. The molecule has 20 heavy (non-hydrogen) atoms. The maximum Gasteiger partial charge on any atom is 0.216 e. The van der Waals surface area contributed by atoms with Crippen LogP contribution in [0.5, 0.6) is 0 Å². The zero-order valence-electron chi connectivity index (χ0n) is 11.3. The van der Waals surface area contributed by atoms with Crippen LogP contribution < -0.4 is 4.72 Å². The van der Waals surface area contributed by atoms with Crippen molar-refractivity contribution in [2.24, 2.45) is 5.92 Å². The summed E-state index contributed by atoms with van der Waals surface area (Å²) in [7, 11) is -3.45. The predicted octanol–water partition coefficient (Wildman–Crippen LogP) is 2.31. The zero-order chi connectivity index (χ0) is 14.6. The van der Waals surface area contributed by atoms with Crippen LogP contribution in [0.1, 0.15) is 31.2 Å². The number of aliphatic hydroxyl groups is 1. The second-order valence-corrected chi connectivity index (χ2v) is 7.46. The van der Waals surface area contributed by atoms with Gasteiger partial charge in [0.25, 0.3) is 0 Å². The van der Waals surface area contributed by atoms with Crippen molar-refractivity contribution < 1.29 is 13.5 Å². The molecule has 0 saturated heterocycles. The molecule has 0 aromatic heterocycles. The molecule has 1 fully saturated rings. The molecule has 2 unspecified atom stereocenters. The van der Waals surface area contributed by atoms with Crippen LogP contribution in [0, 0.1) is 5.92 Å². The minimum Gasteiger partial charge on any atom is -0.396 e. The van der Waals surface area contributed by atoms with Gasteiger partial charge in [0, 0.05) is 17.7 Å². The molecular weight excluding hydrogens is 298 g/mol. The second kappa shape index (κ2) is 6.89. The maximum absolute atomic E-state index is 12.2. The van der Waals surface area contributed by atoms with Crippen LogP contribution in [-0.4, -0.2) is 26.2 Å². The molecule has 4 nitrogen and oxygen atoms in total. The van der Waals surface area contributed by atoms with Crippen molar-refractivity contribution in [1.82, 2.24) is 4.72 Å². The van der Waals surface area contributed by atoms with Crippen LogP contribution in [0.15, 0.2) is 24.3 Å². The topological polar surface area (TPSA) is 66.4 Å². The molecule has 2 rings (SSSR count). The van der Waals surface area contributed by atoms with Crippen LogP contribution >= 0.6 is 11.6 Å². The SMILES string of the molecule is O=S(=O)(Cc1ccccc1Cl)NC1CCCCC1CO. The maximum atomic E-state index is 12.2. The largest absolute Gasteiger partial charge is 0.396 e. The molecule has 0 aliphatic heterocycles. The quantitative estimate of drug-likeness (QED) is 0.875. The lowest BCUT2D eigenvalue weighted by atomic mass is 9.86. The van der Waals surface area contributed by atoms with E-state index in [9.17, 15) is 13.5 Å². The molecular formula is C14H20ClNO3S. The average molecular weight is 318 g/mol. The summed E-state index contributed by atoms with van der Waals surface area (Å²) in [4.78, 5) is 0. The van der Waals surface area contributed by atoms with Crippen molar-refractivity contribution in [1.29, 1.82) is 0 Å². The predicted molar refractivity (Wildman–Crippen MR) is 80.0 cm³/mol. The monoisotopic (exact) mass is 317 g/mol. The Kier molecular flexibility index (Phi) is 5.43. The Balaban J connectivity index is 2.05. The lowest BCUT2D eigenvalue weighted by molar-refractivity contribution is 0.164. The summed E-state index contributed by atoms with van der Waals surface area (Å²) in [5.41, 5.74) is 0.595. The van der Waals surface area contributed by atoms with Gasteiger partial charge in [-0.3, -0.25) is 0 Å². The van der Waals surface area contributed by atoms with Gasteiger partial charge in [-0.15, -0.1) is 0 Å². The molecule has 1 aliphatic carbocycles. The van der Waals surface area contributed by atoms with E-state index in [2.05, 4.69) is 4.72 Å². The lowest BCUT2D eigenvalue weighted by Crippen LogP contribution is -2.43. The summed E-state index contributed by atoms with van der Waals surface area (Å²) in [6.07, 6.45) is 3.70. The second-order valence-electron chi connectivity index (χ2n) is 5.30. The van der Waals surface area contributed by atoms with Gasteiger partial charge in [-0.2, -0.15) is 0 Å². The Morgan fingerprint density at radius 1 is 1.25 bits per heavy atom. The number of benzene rings is 1. The third-order valence-corrected chi connectivity index (χ3v) is 5.50. The number of hydrogen-bond donors (Lipinski definition) is 2. The number of nitrogens with one attached hydrogen (secondary N) is 1. The summed E-state index contributed by atoms with van der Waals surface area (Å²) in [5.74, 6) is -0.105. The van der Waals surface area contributed by atoms with Crippen LogP contribution in [0.4, 0.5) is 0 Å². The number of rotatable bonds is 5. The number of aliphatic hydroxyl groups excluding tert-OH is 1. The Hall–Kier alpha value is -0.620. The van der Waals surface area contributed by atoms with E-state index in [0.29, 0.717) is 10.6 Å². The van der Waals surface area contributed by atoms with Gasteiger partial charge in [-0.25, -0.2) is 13.1 Å². The third kappa shape index (κ3) is 4.19. The van der Waals surface area contributed by atoms with Crippen molar-refractivity contribution in [3.63, 3.8) is 0 Å². The van der Waals surface area contributed by atoms with Crippen molar-refractivity contribution in [3.05, 3.63) is 34.9 Å². The number of sulfonamides is 1. The van der Waals surface area contributed by atoms with Crippen LogP contribution in [0.25, 0.3) is 0 Å². The summed E-state index contributed by atoms with van der Waals surface area (Å²) >= 11 is 6.00. The first-order chi connectivity index (χ1) is 9.52. The Labute approximate surface area is 125 Å². The molecule has 0 heterocycles. The molecule has 1 aliphatic rings. The summed E-state index contributed by atoms with van der Waals surface area (Å²) in [6, 6.07) is 6.78. The molecule has 0 amide bonds. The smallest absolute Gasteiger partial charge is 0.216 e. The Morgan fingerprint density at radius 2 is 1.95 bits per heavy atom. The molecule has 0 spiro atoms. The van der Waals surface area contributed by atoms with Gasteiger partial charge in [0.1, 0.15) is 0 Å². The fourth-order valence-electron chi connectivity index (χ4n) is 2.67. The van der Waals surface area contributed by atoms with E-state index in [4.69, 9.17) is 11.6 Å². The highest BCUT2D eigenvalue weighted by molar-refractivity contribution is 7.88. The van der Waals surface area contributed by atoms with Crippen LogP contribution in [0.3, 0.4) is 0 Å². The van der Waals surface area contributed by atoms with Crippen molar-refractivity contribution in [3.8, 4) is 0 Å². The third-order valence-electron chi connectivity index (χ3n) is 3.78.